The van der Waals surface area contributed by atoms with Crippen LogP contribution in [0.1, 0.15) is 47.9 Å². The van der Waals surface area contributed by atoms with Crippen LogP contribution in [0.3, 0.4) is 0 Å². The van der Waals surface area contributed by atoms with Gasteiger partial charge in [-0.2, -0.15) is 0 Å². The van der Waals surface area contributed by atoms with E-state index in [0.717, 1.165) is 57.1 Å². The van der Waals surface area contributed by atoms with Crippen LogP contribution in [0.5, 0.6) is 0 Å². The number of likely N-dealkylation sites (tertiary alicyclic amines) is 1. The van der Waals surface area contributed by atoms with Gasteiger partial charge in [0.2, 0.25) is 0 Å². The topological polar surface area (TPSA) is 80.6 Å². The van der Waals surface area contributed by atoms with E-state index < -0.39 is 21.3 Å². The van der Waals surface area contributed by atoms with Crippen molar-refractivity contribution in [3.05, 3.63) is 33.0 Å². The monoisotopic (exact) mass is 413 g/mol. The minimum Gasteiger partial charge on any atom is -0.423 e. The van der Waals surface area contributed by atoms with Crippen molar-refractivity contribution in [2.24, 2.45) is 0 Å². The summed E-state index contributed by atoms with van der Waals surface area (Å²) in [5, 5.41) is 2.32. The van der Waals surface area contributed by atoms with Crippen LogP contribution in [-0.4, -0.2) is 43.7 Å². The summed E-state index contributed by atoms with van der Waals surface area (Å²) < 4.78 is 28.4. The van der Waals surface area contributed by atoms with Gasteiger partial charge in [-0.25, -0.2) is 8.42 Å². The van der Waals surface area contributed by atoms with Crippen LogP contribution in [0.2, 0.25) is 0 Å². The van der Waals surface area contributed by atoms with Crippen molar-refractivity contribution in [3.63, 3.8) is 0 Å². The van der Waals surface area contributed by atoms with Crippen LogP contribution in [0.4, 0.5) is 10.5 Å². The smallest absolute Gasteiger partial charge is 0.423 e. The van der Waals surface area contributed by atoms with Crippen LogP contribution in [0, 0.1) is 0 Å². The molecule has 1 saturated carbocycles. The van der Waals surface area contributed by atoms with Crippen molar-refractivity contribution in [2.45, 2.75) is 62.7 Å². The first-order valence-corrected chi connectivity index (χ1v) is 11.2. The zero-order chi connectivity index (χ0) is 17.9. The number of hydrogen-bond acceptors (Lipinski definition) is 4. The summed E-state index contributed by atoms with van der Waals surface area (Å²) in [6.45, 7) is 1.03. The fraction of sp³-hybridized carbons (Fsp3) is 0.632. The number of fused-ring (bicyclic) bond motifs is 2. The summed E-state index contributed by atoms with van der Waals surface area (Å²) in [7, 11) is -3.74. The standard InChI is InChI=1S/C19H25N3O3S.K/c23-19(21-26(24,25)15-10-22(11-15)14-7-8-14)20-18-16-5-1-3-12(16)9-13-4-2-6-17(13)18;/h9,14-15H,1-8,10-11H2,(H2,20,21,23);/q;+1/p-1. The van der Waals surface area contributed by atoms with E-state index in [9.17, 15) is 13.2 Å². The third-order valence-corrected chi connectivity index (χ3v) is 7.84. The average Bonchev–Trinajstić information content (AvgIpc) is 3.06. The number of carbonyl (C=O) groups excluding carboxylic acids is 1. The minimum absolute atomic E-state index is 0. The van der Waals surface area contributed by atoms with Crippen molar-refractivity contribution >= 4 is 21.7 Å². The second-order valence-corrected chi connectivity index (χ2v) is 9.96. The molecule has 0 spiro atoms. The number of nitrogens with zero attached hydrogens (tertiary/aromatic N) is 2. The molecule has 0 unspecified atom stereocenters. The first kappa shape index (κ1) is 20.3. The Morgan fingerprint density at radius 3 is 2.19 bits per heavy atom. The van der Waals surface area contributed by atoms with E-state index in [-0.39, 0.29) is 51.4 Å². The molecular formula is C19H24KN3O3S. The van der Waals surface area contributed by atoms with E-state index in [1.165, 1.54) is 22.3 Å². The fourth-order valence-corrected chi connectivity index (χ4v) is 5.87. The van der Waals surface area contributed by atoms with E-state index in [1.807, 2.05) is 0 Å². The Balaban J connectivity index is 0.00000180. The number of amides is 2. The Kier molecular flexibility index (Phi) is 5.79. The number of benzene rings is 1. The van der Waals surface area contributed by atoms with Crippen LogP contribution in [0.15, 0.2) is 6.07 Å². The Labute approximate surface area is 203 Å². The number of carbonyl (C=O) groups is 1. The van der Waals surface area contributed by atoms with E-state index in [2.05, 4.69) is 21.0 Å². The van der Waals surface area contributed by atoms with Crippen molar-refractivity contribution in [3.8, 4) is 0 Å². The molecule has 6 nitrogen and oxygen atoms in total. The number of urea groups is 1. The maximum Gasteiger partial charge on any atom is 1.00 e. The van der Waals surface area contributed by atoms with Crippen LogP contribution < -0.4 is 56.7 Å². The summed E-state index contributed by atoms with van der Waals surface area (Å²) in [5.74, 6) is 0. The zero-order valence-electron chi connectivity index (χ0n) is 15.8. The summed E-state index contributed by atoms with van der Waals surface area (Å²) in [6, 6.07) is 2.11. The molecule has 8 heteroatoms. The van der Waals surface area contributed by atoms with Crippen molar-refractivity contribution in [1.82, 2.24) is 4.90 Å². The number of rotatable bonds is 4. The van der Waals surface area contributed by atoms with E-state index >= 15 is 0 Å². The second kappa shape index (κ2) is 7.70. The van der Waals surface area contributed by atoms with Gasteiger partial charge in [-0.15, -0.1) is 0 Å². The second-order valence-electron chi connectivity index (χ2n) is 8.08. The Hall–Kier alpha value is 0.0364. The predicted octanol–water partition coefficient (Wildman–Crippen LogP) is -0.250. The van der Waals surface area contributed by atoms with Crippen molar-refractivity contribution in [2.75, 3.05) is 18.4 Å². The number of sulfonamides is 1. The number of anilines is 1. The number of hydrogen-bond donors (Lipinski definition) is 1. The predicted molar refractivity (Wildman–Crippen MR) is 100 cm³/mol. The van der Waals surface area contributed by atoms with E-state index in [0.29, 0.717) is 19.1 Å². The molecule has 0 aromatic heterocycles. The SMILES string of the molecule is O=C([N-]S(=O)(=O)C1CN(C2CC2)C1)Nc1c2c(cc3c1CCC3)CCC2.[K+]. The third kappa shape index (κ3) is 3.91. The Morgan fingerprint density at radius 1 is 1.04 bits per heavy atom. The van der Waals surface area contributed by atoms with Gasteiger partial charge in [0.05, 0.1) is 5.25 Å². The summed E-state index contributed by atoms with van der Waals surface area (Å²) in [5.41, 5.74) is 5.85. The molecule has 1 heterocycles. The van der Waals surface area contributed by atoms with Gasteiger partial charge in [0.1, 0.15) is 0 Å². The molecule has 2 fully saturated rings. The Bertz CT molecular complexity index is 844. The van der Waals surface area contributed by atoms with Gasteiger partial charge in [-0.1, -0.05) is 6.07 Å². The summed E-state index contributed by atoms with van der Waals surface area (Å²) in [4.78, 5) is 14.6. The van der Waals surface area contributed by atoms with Gasteiger partial charge in [0, 0.05) is 19.1 Å². The van der Waals surface area contributed by atoms with Gasteiger partial charge in [-0.05, 0) is 79.3 Å². The normalized spacial score (nSPS) is 21.8. The largest absolute Gasteiger partial charge is 1.00 e. The third-order valence-electron chi connectivity index (χ3n) is 6.28. The maximum atomic E-state index is 12.4. The van der Waals surface area contributed by atoms with Gasteiger partial charge in [0.15, 0.2) is 16.1 Å². The minimum atomic E-state index is -3.74. The molecule has 0 bridgehead atoms. The maximum absolute atomic E-state index is 12.4. The molecular weight excluding hydrogens is 389 g/mol. The van der Waals surface area contributed by atoms with Gasteiger partial charge >= 0.3 is 51.4 Å². The molecule has 1 aliphatic heterocycles. The van der Waals surface area contributed by atoms with Gasteiger partial charge < -0.3 is 10.0 Å². The first-order chi connectivity index (χ1) is 12.5. The molecule has 140 valence electrons. The molecule has 1 aromatic carbocycles. The fourth-order valence-electron chi connectivity index (χ4n) is 4.68. The zero-order valence-corrected chi connectivity index (χ0v) is 19.8. The molecule has 5 rings (SSSR count). The molecule has 2 amide bonds. The molecule has 1 N–H and O–H groups in total. The van der Waals surface area contributed by atoms with Crippen LogP contribution in [0.25, 0.3) is 4.72 Å². The molecule has 1 saturated heterocycles. The quantitative estimate of drug-likeness (QED) is 0.691. The summed E-state index contributed by atoms with van der Waals surface area (Å²) in [6.07, 6.45) is 8.49. The molecule has 27 heavy (non-hydrogen) atoms. The molecule has 1 aromatic rings. The van der Waals surface area contributed by atoms with Crippen LogP contribution >= 0.6 is 0 Å². The van der Waals surface area contributed by atoms with Crippen molar-refractivity contribution in [1.29, 1.82) is 0 Å². The van der Waals surface area contributed by atoms with Crippen molar-refractivity contribution < 1.29 is 64.6 Å². The van der Waals surface area contributed by atoms with E-state index in [1.54, 1.807) is 0 Å². The molecule has 0 radical (unpaired) electrons. The Morgan fingerprint density at radius 2 is 1.63 bits per heavy atom. The van der Waals surface area contributed by atoms with Gasteiger partial charge in [0.25, 0.3) is 0 Å². The number of nitrogens with one attached hydrogen (secondary N) is 1. The first-order valence-electron chi connectivity index (χ1n) is 9.69. The van der Waals surface area contributed by atoms with Crippen LogP contribution in [-0.2, 0) is 35.7 Å². The van der Waals surface area contributed by atoms with E-state index in [4.69, 9.17) is 0 Å². The number of aryl methyl sites for hydroxylation is 2. The summed E-state index contributed by atoms with van der Waals surface area (Å²) >= 11 is 0. The van der Waals surface area contributed by atoms with Gasteiger partial charge in [-0.3, -0.25) is 9.69 Å². The molecule has 0 atom stereocenters. The molecule has 3 aliphatic carbocycles. The molecule has 4 aliphatic rings. The average molecular weight is 414 g/mol.